The van der Waals surface area contributed by atoms with E-state index in [2.05, 4.69) is 6.92 Å². The van der Waals surface area contributed by atoms with Crippen molar-refractivity contribution >= 4 is 34.9 Å². The molecule has 0 aromatic rings. The van der Waals surface area contributed by atoms with E-state index < -0.39 is 5.41 Å². The molecule has 2 heterocycles. The molecule has 4 nitrogen and oxygen atoms in total. The average Bonchev–Trinajstić information content (AvgIpc) is 2.47. The van der Waals surface area contributed by atoms with Gasteiger partial charge >= 0.3 is 0 Å². The van der Waals surface area contributed by atoms with Gasteiger partial charge in [0.1, 0.15) is 5.41 Å². The third kappa shape index (κ3) is 3.06. The van der Waals surface area contributed by atoms with Crippen LogP contribution in [0.15, 0.2) is 0 Å². The van der Waals surface area contributed by atoms with E-state index >= 15 is 0 Å². The molecular weight excluding hydrogens is 280 g/mol. The largest absolute Gasteiger partial charge is 0.392 e. The molecule has 108 valence electrons. The van der Waals surface area contributed by atoms with E-state index in [1.807, 2.05) is 16.7 Å². The fourth-order valence-electron chi connectivity index (χ4n) is 2.74. The number of amides is 1. The predicted octanol–water partition coefficient (Wildman–Crippen LogP) is 1.42. The smallest absolute Gasteiger partial charge is 0.235 e. The first kappa shape index (κ1) is 15.1. The molecule has 0 spiro atoms. The van der Waals surface area contributed by atoms with Crippen molar-refractivity contribution in [2.75, 3.05) is 32.1 Å². The maximum atomic E-state index is 12.9. The normalized spacial score (nSPS) is 27.0. The van der Waals surface area contributed by atoms with Crippen molar-refractivity contribution in [1.82, 2.24) is 4.90 Å². The number of hydrogen-bond acceptors (Lipinski definition) is 4. The van der Waals surface area contributed by atoms with E-state index in [0.717, 1.165) is 25.3 Å². The molecular formula is C13H22N2O2S2. The summed E-state index contributed by atoms with van der Waals surface area (Å²) in [5, 5.41) is 0.543. The molecule has 19 heavy (non-hydrogen) atoms. The Labute approximate surface area is 124 Å². The molecule has 6 heteroatoms. The molecule has 0 radical (unpaired) electrons. The molecule has 0 aliphatic carbocycles. The van der Waals surface area contributed by atoms with Crippen molar-refractivity contribution < 1.29 is 9.53 Å². The summed E-state index contributed by atoms with van der Waals surface area (Å²) in [7, 11) is 0. The van der Waals surface area contributed by atoms with E-state index in [-0.39, 0.29) is 5.91 Å². The highest BCUT2D eigenvalue weighted by atomic mass is 32.2. The van der Waals surface area contributed by atoms with Crippen molar-refractivity contribution in [3.05, 3.63) is 0 Å². The first-order chi connectivity index (χ1) is 9.10. The fourth-order valence-corrected chi connectivity index (χ4v) is 4.21. The number of ether oxygens (including phenoxy) is 1. The minimum atomic E-state index is -0.659. The van der Waals surface area contributed by atoms with Crippen LogP contribution in [-0.4, -0.2) is 53.1 Å². The number of carbonyl (C=O) groups excluding carboxylic acids is 1. The quantitative estimate of drug-likeness (QED) is 0.799. The van der Waals surface area contributed by atoms with E-state index in [9.17, 15) is 4.79 Å². The lowest BCUT2D eigenvalue weighted by atomic mass is 9.78. The number of carbonyl (C=O) groups is 1. The Morgan fingerprint density at radius 2 is 2.21 bits per heavy atom. The van der Waals surface area contributed by atoms with Gasteiger partial charge < -0.3 is 15.4 Å². The van der Waals surface area contributed by atoms with Gasteiger partial charge in [-0.25, -0.2) is 0 Å². The van der Waals surface area contributed by atoms with Gasteiger partial charge in [-0.3, -0.25) is 4.79 Å². The Kier molecular flexibility index (Phi) is 5.09. The molecule has 2 aliphatic heterocycles. The zero-order valence-corrected chi connectivity index (χ0v) is 13.0. The van der Waals surface area contributed by atoms with Gasteiger partial charge in [0.05, 0.1) is 4.99 Å². The third-order valence-electron chi connectivity index (χ3n) is 4.11. The lowest BCUT2D eigenvalue weighted by molar-refractivity contribution is -0.142. The molecule has 2 saturated heterocycles. The molecule has 2 fully saturated rings. The summed E-state index contributed by atoms with van der Waals surface area (Å²) < 4.78 is 5.36. The lowest BCUT2D eigenvalue weighted by Crippen LogP contribution is -2.55. The van der Waals surface area contributed by atoms with Crippen molar-refractivity contribution in [3.8, 4) is 0 Å². The number of thioether (sulfide) groups is 1. The van der Waals surface area contributed by atoms with Gasteiger partial charge in [0, 0.05) is 37.3 Å². The summed E-state index contributed by atoms with van der Waals surface area (Å²) in [6.07, 6.45) is 2.35. The topological polar surface area (TPSA) is 55.6 Å². The van der Waals surface area contributed by atoms with Gasteiger partial charge in [0.15, 0.2) is 0 Å². The van der Waals surface area contributed by atoms with Gasteiger partial charge in [-0.15, -0.1) is 0 Å². The average molecular weight is 302 g/mol. The molecule has 1 atom stereocenters. The second-order valence-electron chi connectivity index (χ2n) is 5.21. The maximum absolute atomic E-state index is 12.9. The van der Waals surface area contributed by atoms with Crippen LogP contribution in [0.5, 0.6) is 0 Å². The molecule has 2 N–H and O–H groups in total. The highest BCUT2D eigenvalue weighted by Gasteiger charge is 2.45. The fraction of sp³-hybridized carbons (Fsp3) is 0.846. The Hall–Kier alpha value is -0.330. The first-order valence-electron chi connectivity index (χ1n) is 6.89. The van der Waals surface area contributed by atoms with Gasteiger partial charge in [-0.2, -0.15) is 11.8 Å². The maximum Gasteiger partial charge on any atom is 0.235 e. The van der Waals surface area contributed by atoms with E-state index in [1.165, 1.54) is 0 Å². The van der Waals surface area contributed by atoms with Crippen LogP contribution < -0.4 is 5.73 Å². The van der Waals surface area contributed by atoms with Gasteiger partial charge in [0.25, 0.3) is 0 Å². The van der Waals surface area contributed by atoms with Crippen LogP contribution in [0.4, 0.5) is 0 Å². The highest BCUT2D eigenvalue weighted by molar-refractivity contribution is 8.00. The lowest BCUT2D eigenvalue weighted by Gasteiger charge is -2.41. The van der Waals surface area contributed by atoms with Crippen LogP contribution in [0.1, 0.15) is 26.2 Å². The molecule has 0 aromatic carbocycles. The van der Waals surface area contributed by atoms with Crippen molar-refractivity contribution in [2.24, 2.45) is 11.1 Å². The molecule has 2 rings (SSSR count). The minimum absolute atomic E-state index is 0.127. The Morgan fingerprint density at radius 3 is 2.79 bits per heavy atom. The van der Waals surface area contributed by atoms with Crippen LogP contribution in [0.2, 0.25) is 0 Å². The molecule has 0 bridgehead atoms. The zero-order valence-electron chi connectivity index (χ0n) is 11.4. The zero-order chi connectivity index (χ0) is 13.9. The monoisotopic (exact) mass is 302 g/mol. The Bertz CT molecular complexity index is 357. The summed E-state index contributed by atoms with van der Waals surface area (Å²) in [6.45, 7) is 4.95. The molecule has 1 unspecified atom stereocenters. The predicted molar refractivity (Wildman–Crippen MR) is 82.4 cm³/mol. The number of thiocarbonyl (C=S) groups is 1. The highest BCUT2D eigenvalue weighted by Crippen LogP contribution is 2.35. The molecule has 0 saturated carbocycles. The van der Waals surface area contributed by atoms with Crippen LogP contribution >= 0.6 is 24.0 Å². The SMILES string of the molecule is CCC1CN(C(=O)C2(C(N)=S)CCOCC2)CCS1. The summed E-state index contributed by atoms with van der Waals surface area (Å²) in [5.41, 5.74) is 5.24. The summed E-state index contributed by atoms with van der Waals surface area (Å²) >= 11 is 7.16. The van der Waals surface area contributed by atoms with Crippen molar-refractivity contribution in [1.29, 1.82) is 0 Å². The van der Waals surface area contributed by atoms with E-state index in [4.69, 9.17) is 22.7 Å². The van der Waals surface area contributed by atoms with Gasteiger partial charge in [0.2, 0.25) is 5.91 Å². The van der Waals surface area contributed by atoms with Crippen LogP contribution in [0, 0.1) is 5.41 Å². The molecule has 0 aromatic heterocycles. The van der Waals surface area contributed by atoms with Gasteiger partial charge in [-0.05, 0) is 19.3 Å². The van der Waals surface area contributed by atoms with Crippen LogP contribution in [0.25, 0.3) is 0 Å². The van der Waals surface area contributed by atoms with E-state index in [0.29, 0.717) is 36.3 Å². The number of nitrogens with zero attached hydrogens (tertiary/aromatic N) is 1. The summed E-state index contributed by atoms with van der Waals surface area (Å²) in [4.78, 5) is 15.2. The number of nitrogens with two attached hydrogens (primary N) is 1. The van der Waals surface area contributed by atoms with E-state index in [1.54, 1.807) is 0 Å². The summed E-state index contributed by atoms with van der Waals surface area (Å²) in [5.74, 6) is 1.13. The minimum Gasteiger partial charge on any atom is -0.392 e. The second kappa shape index (κ2) is 6.41. The van der Waals surface area contributed by atoms with Crippen molar-refractivity contribution in [3.63, 3.8) is 0 Å². The third-order valence-corrected chi connectivity index (χ3v) is 5.87. The molecule has 2 aliphatic rings. The number of hydrogen-bond donors (Lipinski definition) is 1. The second-order valence-corrected chi connectivity index (χ2v) is 7.06. The van der Waals surface area contributed by atoms with Crippen LogP contribution in [-0.2, 0) is 9.53 Å². The summed E-state index contributed by atoms with van der Waals surface area (Å²) in [6, 6.07) is 0. The van der Waals surface area contributed by atoms with Gasteiger partial charge in [-0.1, -0.05) is 19.1 Å². The van der Waals surface area contributed by atoms with Crippen molar-refractivity contribution in [2.45, 2.75) is 31.4 Å². The first-order valence-corrected chi connectivity index (χ1v) is 8.34. The standard InChI is InChI=1S/C13H22N2O2S2/c1-2-10-9-15(5-8-19-10)12(16)13(11(14)18)3-6-17-7-4-13/h10H,2-9H2,1H3,(H2,14,18). The Morgan fingerprint density at radius 1 is 1.53 bits per heavy atom. The Balaban J connectivity index is 2.13. The number of rotatable bonds is 3. The van der Waals surface area contributed by atoms with Crippen LogP contribution in [0.3, 0.4) is 0 Å². The molecule has 1 amide bonds.